The van der Waals surface area contributed by atoms with Crippen molar-refractivity contribution in [2.24, 2.45) is 5.92 Å². The van der Waals surface area contributed by atoms with E-state index in [1.807, 2.05) is 0 Å². The molecular formula is C13H21BrN2O. The molecule has 1 heterocycles. The van der Waals surface area contributed by atoms with Crippen molar-refractivity contribution in [1.29, 1.82) is 0 Å². The van der Waals surface area contributed by atoms with E-state index in [0.717, 1.165) is 35.4 Å². The van der Waals surface area contributed by atoms with Gasteiger partial charge in [0.05, 0.1) is 6.61 Å². The third-order valence-electron chi connectivity index (χ3n) is 2.20. The lowest BCUT2D eigenvalue weighted by Gasteiger charge is -2.12. The number of pyridine rings is 1. The standard InChI is InChI=1S/C13H21BrN2O/c1-4-5-17-13-11(6-12(14)9-16-13)8-15-7-10(2)3/h6,9-10,15H,4-5,7-8H2,1-3H3. The van der Waals surface area contributed by atoms with Crippen LogP contribution in [0.2, 0.25) is 0 Å². The molecule has 0 aliphatic rings. The van der Waals surface area contributed by atoms with Gasteiger partial charge in [-0.05, 0) is 40.9 Å². The lowest BCUT2D eigenvalue weighted by atomic mass is 10.2. The van der Waals surface area contributed by atoms with Crippen molar-refractivity contribution in [2.75, 3.05) is 13.2 Å². The molecule has 0 amide bonds. The summed E-state index contributed by atoms with van der Waals surface area (Å²) in [7, 11) is 0. The highest BCUT2D eigenvalue weighted by molar-refractivity contribution is 9.10. The Balaban J connectivity index is 2.62. The van der Waals surface area contributed by atoms with Crippen molar-refractivity contribution < 1.29 is 4.74 Å². The highest BCUT2D eigenvalue weighted by atomic mass is 79.9. The number of rotatable bonds is 7. The fraction of sp³-hybridized carbons (Fsp3) is 0.615. The number of hydrogen-bond acceptors (Lipinski definition) is 3. The quantitative estimate of drug-likeness (QED) is 0.838. The van der Waals surface area contributed by atoms with Crippen molar-refractivity contribution in [3.05, 3.63) is 22.3 Å². The van der Waals surface area contributed by atoms with Crippen LogP contribution in [0, 0.1) is 5.92 Å². The average Bonchev–Trinajstić information content (AvgIpc) is 2.27. The summed E-state index contributed by atoms with van der Waals surface area (Å²) in [6.45, 7) is 8.99. The van der Waals surface area contributed by atoms with E-state index in [1.165, 1.54) is 0 Å². The number of hydrogen-bond donors (Lipinski definition) is 1. The largest absolute Gasteiger partial charge is 0.477 e. The topological polar surface area (TPSA) is 34.1 Å². The molecule has 0 bridgehead atoms. The summed E-state index contributed by atoms with van der Waals surface area (Å²) < 4.78 is 6.62. The van der Waals surface area contributed by atoms with Gasteiger partial charge >= 0.3 is 0 Å². The third kappa shape index (κ3) is 5.50. The zero-order chi connectivity index (χ0) is 12.7. The molecule has 0 saturated carbocycles. The van der Waals surface area contributed by atoms with Crippen molar-refractivity contribution in [3.8, 4) is 5.88 Å². The molecule has 96 valence electrons. The lowest BCUT2D eigenvalue weighted by Crippen LogP contribution is -2.19. The molecule has 1 N–H and O–H groups in total. The van der Waals surface area contributed by atoms with E-state index in [4.69, 9.17) is 4.74 Å². The first-order valence-electron chi connectivity index (χ1n) is 6.11. The van der Waals surface area contributed by atoms with Crippen LogP contribution in [-0.4, -0.2) is 18.1 Å². The van der Waals surface area contributed by atoms with Crippen LogP contribution in [0.4, 0.5) is 0 Å². The van der Waals surface area contributed by atoms with Gasteiger partial charge in [-0.3, -0.25) is 0 Å². The van der Waals surface area contributed by atoms with Crippen LogP contribution >= 0.6 is 15.9 Å². The molecule has 4 heteroatoms. The highest BCUT2D eigenvalue weighted by Gasteiger charge is 2.06. The maximum Gasteiger partial charge on any atom is 0.217 e. The normalized spacial score (nSPS) is 10.9. The molecule has 0 spiro atoms. The molecule has 17 heavy (non-hydrogen) atoms. The Hall–Kier alpha value is -0.610. The summed E-state index contributed by atoms with van der Waals surface area (Å²) in [5, 5.41) is 3.40. The van der Waals surface area contributed by atoms with Crippen LogP contribution in [0.25, 0.3) is 0 Å². The minimum Gasteiger partial charge on any atom is -0.477 e. The summed E-state index contributed by atoms with van der Waals surface area (Å²) in [6.07, 6.45) is 2.77. The second kappa shape index (κ2) is 7.67. The van der Waals surface area contributed by atoms with Crippen molar-refractivity contribution in [2.45, 2.75) is 33.7 Å². The Morgan fingerprint density at radius 2 is 2.24 bits per heavy atom. The van der Waals surface area contributed by atoms with Gasteiger partial charge in [-0.15, -0.1) is 0 Å². The van der Waals surface area contributed by atoms with Gasteiger partial charge in [-0.2, -0.15) is 0 Å². The second-order valence-corrected chi connectivity index (χ2v) is 5.41. The van der Waals surface area contributed by atoms with Gasteiger partial charge in [-0.1, -0.05) is 20.8 Å². The first-order valence-corrected chi connectivity index (χ1v) is 6.90. The summed E-state index contributed by atoms with van der Waals surface area (Å²) in [4.78, 5) is 4.30. The van der Waals surface area contributed by atoms with Gasteiger partial charge in [0.1, 0.15) is 0 Å². The van der Waals surface area contributed by atoms with E-state index >= 15 is 0 Å². The summed E-state index contributed by atoms with van der Waals surface area (Å²) in [6, 6.07) is 2.06. The van der Waals surface area contributed by atoms with Gasteiger partial charge in [0, 0.05) is 22.8 Å². The van der Waals surface area contributed by atoms with E-state index < -0.39 is 0 Å². The maximum absolute atomic E-state index is 5.63. The Labute approximate surface area is 112 Å². The maximum atomic E-state index is 5.63. The molecule has 0 aromatic carbocycles. The van der Waals surface area contributed by atoms with Crippen LogP contribution in [0.3, 0.4) is 0 Å². The second-order valence-electron chi connectivity index (χ2n) is 4.49. The lowest BCUT2D eigenvalue weighted by molar-refractivity contribution is 0.300. The van der Waals surface area contributed by atoms with Crippen LogP contribution in [0.1, 0.15) is 32.8 Å². The van der Waals surface area contributed by atoms with Crippen molar-refractivity contribution >= 4 is 15.9 Å². The molecule has 0 atom stereocenters. The van der Waals surface area contributed by atoms with Crippen LogP contribution in [0.15, 0.2) is 16.7 Å². The van der Waals surface area contributed by atoms with Gasteiger partial charge in [0.2, 0.25) is 5.88 Å². The number of nitrogens with one attached hydrogen (secondary N) is 1. The Morgan fingerprint density at radius 1 is 1.47 bits per heavy atom. The van der Waals surface area contributed by atoms with Crippen LogP contribution < -0.4 is 10.1 Å². The molecular weight excluding hydrogens is 280 g/mol. The van der Waals surface area contributed by atoms with Crippen molar-refractivity contribution in [1.82, 2.24) is 10.3 Å². The molecule has 0 unspecified atom stereocenters. The summed E-state index contributed by atoms with van der Waals surface area (Å²) in [5.74, 6) is 1.39. The number of ether oxygens (including phenoxy) is 1. The monoisotopic (exact) mass is 300 g/mol. The third-order valence-corrected chi connectivity index (χ3v) is 2.64. The molecule has 1 rings (SSSR count). The smallest absolute Gasteiger partial charge is 0.217 e. The number of halogens is 1. The fourth-order valence-electron chi connectivity index (χ4n) is 1.42. The Bertz CT molecular complexity index is 342. The Morgan fingerprint density at radius 3 is 2.88 bits per heavy atom. The predicted octanol–water partition coefficient (Wildman–Crippen LogP) is 3.38. The minimum absolute atomic E-state index is 0.648. The number of aromatic nitrogens is 1. The first kappa shape index (κ1) is 14.5. The van der Waals surface area contributed by atoms with E-state index in [-0.39, 0.29) is 0 Å². The average molecular weight is 301 g/mol. The summed E-state index contributed by atoms with van der Waals surface area (Å²) >= 11 is 3.44. The fourth-order valence-corrected chi connectivity index (χ4v) is 1.80. The molecule has 1 aromatic heterocycles. The van der Waals surface area contributed by atoms with Gasteiger partial charge < -0.3 is 10.1 Å². The van der Waals surface area contributed by atoms with E-state index in [1.54, 1.807) is 6.20 Å². The highest BCUT2D eigenvalue weighted by Crippen LogP contribution is 2.20. The number of nitrogens with zero attached hydrogens (tertiary/aromatic N) is 1. The summed E-state index contributed by atoms with van der Waals surface area (Å²) in [5.41, 5.74) is 1.11. The molecule has 0 aliphatic heterocycles. The first-order chi connectivity index (χ1) is 8.13. The van der Waals surface area contributed by atoms with Crippen molar-refractivity contribution in [3.63, 3.8) is 0 Å². The molecule has 3 nitrogen and oxygen atoms in total. The van der Waals surface area contributed by atoms with Gasteiger partial charge in [0.15, 0.2) is 0 Å². The van der Waals surface area contributed by atoms with E-state index in [9.17, 15) is 0 Å². The van der Waals surface area contributed by atoms with Crippen LogP contribution in [0.5, 0.6) is 5.88 Å². The minimum atomic E-state index is 0.648. The Kier molecular flexibility index (Phi) is 6.52. The van der Waals surface area contributed by atoms with Crippen LogP contribution in [-0.2, 0) is 6.54 Å². The zero-order valence-electron chi connectivity index (χ0n) is 10.8. The van der Waals surface area contributed by atoms with Gasteiger partial charge in [0.25, 0.3) is 0 Å². The SMILES string of the molecule is CCCOc1ncc(Br)cc1CNCC(C)C. The molecule has 0 fully saturated rings. The van der Waals surface area contributed by atoms with E-state index in [2.05, 4.69) is 53.1 Å². The molecule has 0 aliphatic carbocycles. The molecule has 1 aromatic rings. The zero-order valence-corrected chi connectivity index (χ0v) is 12.4. The van der Waals surface area contributed by atoms with Gasteiger partial charge in [-0.25, -0.2) is 4.98 Å². The predicted molar refractivity (Wildman–Crippen MR) is 74.3 cm³/mol. The van der Waals surface area contributed by atoms with E-state index in [0.29, 0.717) is 12.5 Å². The molecule has 0 radical (unpaired) electrons. The molecule has 0 saturated heterocycles.